The van der Waals surface area contributed by atoms with Crippen molar-refractivity contribution in [3.63, 3.8) is 0 Å². The van der Waals surface area contributed by atoms with E-state index in [0.717, 1.165) is 18.7 Å². The Hall–Kier alpha value is -0.850. The molecule has 0 atom stereocenters. The monoisotopic (exact) mass is 121 g/mol. The molecule has 0 fully saturated rings. The van der Waals surface area contributed by atoms with Crippen molar-refractivity contribution < 1.29 is 0 Å². The highest BCUT2D eigenvalue weighted by atomic mass is 14.8. The fraction of sp³-hybridized carbons (Fsp3) is 0.375. The van der Waals surface area contributed by atoms with Crippen LogP contribution in [0.5, 0.6) is 0 Å². The summed E-state index contributed by atoms with van der Waals surface area (Å²) in [6, 6.07) is 0. The van der Waals surface area contributed by atoms with Gasteiger partial charge in [0.1, 0.15) is 0 Å². The topological polar surface area (TPSA) is 12.4 Å². The molecule has 48 valence electrons. The summed E-state index contributed by atoms with van der Waals surface area (Å²) in [6.45, 7) is 6.66. The van der Waals surface area contributed by atoms with Crippen molar-refractivity contribution in [2.45, 2.75) is 13.3 Å². The molecule has 0 amide bonds. The first-order valence-corrected chi connectivity index (χ1v) is 3.21. The molecular formula is C8H11N. The molecule has 0 aromatic carbocycles. The van der Waals surface area contributed by atoms with Crippen LogP contribution in [0.2, 0.25) is 0 Å². The molecule has 1 aliphatic heterocycles. The lowest BCUT2D eigenvalue weighted by Crippen LogP contribution is -1.89. The van der Waals surface area contributed by atoms with E-state index >= 15 is 0 Å². The van der Waals surface area contributed by atoms with Gasteiger partial charge in [-0.15, -0.1) is 0 Å². The van der Waals surface area contributed by atoms with Crippen LogP contribution in [0.4, 0.5) is 0 Å². The van der Waals surface area contributed by atoms with Crippen molar-refractivity contribution in [2.75, 3.05) is 6.54 Å². The van der Waals surface area contributed by atoms with Gasteiger partial charge in [0, 0.05) is 6.54 Å². The van der Waals surface area contributed by atoms with Gasteiger partial charge in [-0.25, -0.2) is 0 Å². The Balaban J connectivity index is 2.80. The standard InChI is InChI=1S/C8H11N/c1-3-7-5-6-9-8(7)4-2/h3-4H,2,5-6H2,1H3. The van der Waals surface area contributed by atoms with Crippen LogP contribution in [-0.4, -0.2) is 12.3 Å². The lowest BCUT2D eigenvalue weighted by molar-refractivity contribution is 1.04. The lowest BCUT2D eigenvalue weighted by Gasteiger charge is -1.91. The van der Waals surface area contributed by atoms with Crippen molar-refractivity contribution in [2.24, 2.45) is 4.99 Å². The Morgan fingerprint density at radius 1 is 1.67 bits per heavy atom. The Morgan fingerprint density at radius 3 is 2.89 bits per heavy atom. The molecule has 0 bridgehead atoms. The van der Waals surface area contributed by atoms with E-state index in [1.807, 2.05) is 13.0 Å². The largest absolute Gasteiger partial charge is 0.285 e. The van der Waals surface area contributed by atoms with E-state index in [-0.39, 0.29) is 0 Å². The second-order valence-electron chi connectivity index (χ2n) is 2.03. The smallest absolute Gasteiger partial charge is 0.0597 e. The third-order valence-corrected chi connectivity index (χ3v) is 1.53. The average molecular weight is 121 g/mol. The van der Waals surface area contributed by atoms with Gasteiger partial charge in [-0.05, 0) is 25.0 Å². The maximum atomic E-state index is 4.24. The van der Waals surface area contributed by atoms with Crippen LogP contribution in [0.15, 0.2) is 29.3 Å². The van der Waals surface area contributed by atoms with Gasteiger partial charge in [0.05, 0.1) is 5.71 Å². The van der Waals surface area contributed by atoms with Crippen LogP contribution in [0, 0.1) is 0 Å². The van der Waals surface area contributed by atoms with Crippen molar-refractivity contribution in [1.29, 1.82) is 0 Å². The third-order valence-electron chi connectivity index (χ3n) is 1.53. The summed E-state index contributed by atoms with van der Waals surface area (Å²) in [6.07, 6.45) is 5.02. The minimum Gasteiger partial charge on any atom is -0.285 e. The van der Waals surface area contributed by atoms with E-state index in [2.05, 4.69) is 17.6 Å². The first-order valence-electron chi connectivity index (χ1n) is 3.21. The van der Waals surface area contributed by atoms with E-state index in [9.17, 15) is 0 Å². The van der Waals surface area contributed by atoms with Crippen LogP contribution in [-0.2, 0) is 0 Å². The van der Waals surface area contributed by atoms with E-state index in [4.69, 9.17) is 0 Å². The van der Waals surface area contributed by atoms with Gasteiger partial charge in [-0.1, -0.05) is 12.7 Å². The molecule has 0 N–H and O–H groups in total. The molecule has 0 saturated heterocycles. The van der Waals surface area contributed by atoms with Gasteiger partial charge < -0.3 is 0 Å². The van der Waals surface area contributed by atoms with Gasteiger partial charge in [0.2, 0.25) is 0 Å². The maximum absolute atomic E-state index is 4.24. The Labute approximate surface area is 55.8 Å². The Kier molecular flexibility index (Phi) is 1.83. The highest BCUT2D eigenvalue weighted by Crippen LogP contribution is 2.12. The van der Waals surface area contributed by atoms with Gasteiger partial charge in [0.25, 0.3) is 0 Å². The first kappa shape index (κ1) is 6.27. The molecular weight excluding hydrogens is 110 g/mol. The summed E-state index contributed by atoms with van der Waals surface area (Å²) in [4.78, 5) is 4.24. The SMILES string of the molecule is C=CC1=NCCC1=CC. The first-order chi connectivity index (χ1) is 4.38. The molecule has 0 saturated carbocycles. The van der Waals surface area contributed by atoms with Crippen LogP contribution < -0.4 is 0 Å². The number of hydrogen-bond donors (Lipinski definition) is 0. The van der Waals surface area contributed by atoms with Gasteiger partial charge in [0.15, 0.2) is 0 Å². The molecule has 1 heteroatoms. The molecule has 1 aliphatic rings. The summed E-state index contributed by atoms with van der Waals surface area (Å²) >= 11 is 0. The molecule has 1 heterocycles. The molecule has 1 rings (SSSR count). The molecule has 0 unspecified atom stereocenters. The van der Waals surface area contributed by atoms with Crippen LogP contribution in [0.3, 0.4) is 0 Å². The molecule has 0 aromatic rings. The number of allylic oxidation sites excluding steroid dienone is 2. The van der Waals surface area contributed by atoms with E-state index < -0.39 is 0 Å². The van der Waals surface area contributed by atoms with Crippen molar-refractivity contribution in [3.8, 4) is 0 Å². The Bertz CT molecular complexity index is 175. The predicted octanol–water partition coefficient (Wildman–Crippen LogP) is 1.96. The predicted molar refractivity (Wildman–Crippen MR) is 40.9 cm³/mol. The fourth-order valence-corrected chi connectivity index (χ4v) is 1.01. The van der Waals surface area contributed by atoms with E-state index in [0.29, 0.717) is 0 Å². The minimum absolute atomic E-state index is 0.945. The lowest BCUT2D eigenvalue weighted by atomic mass is 10.1. The summed E-state index contributed by atoms with van der Waals surface area (Å²) in [5.74, 6) is 0. The van der Waals surface area contributed by atoms with Crippen molar-refractivity contribution >= 4 is 5.71 Å². The van der Waals surface area contributed by atoms with Crippen LogP contribution >= 0.6 is 0 Å². The molecule has 0 aliphatic carbocycles. The number of hydrogen-bond acceptors (Lipinski definition) is 1. The number of nitrogens with zero attached hydrogens (tertiary/aromatic N) is 1. The quantitative estimate of drug-likeness (QED) is 0.503. The number of aliphatic imine (C=N–C) groups is 1. The summed E-state index contributed by atoms with van der Waals surface area (Å²) in [5, 5.41) is 0. The zero-order valence-corrected chi connectivity index (χ0v) is 5.72. The molecule has 1 nitrogen and oxygen atoms in total. The second kappa shape index (κ2) is 2.62. The maximum Gasteiger partial charge on any atom is 0.0597 e. The Morgan fingerprint density at radius 2 is 2.44 bits per heavy atom. The average Bonchev–Trinajstić information content (AvgIpc) is 2.33. The number of rotatable bonds is 1. The van der Waals surface area contributed by atoms with Gasteiger partial charge >= 0.3 is 0 Å². The molecule has 0 radical (unpaired) electrons. The highest BCUT2D eigenvalue weighted by molar-refractivity contribution is 6.09. The van der Waals surface area contributed by atoms with Crippen LogP contribution in [0.1, 0.15) is 13.3 Å². The minimum atomic E-state index is 0.945. The zero-order chi connectivity index (χ0) is 6.69. The summed E-state index contributed by atoms with van der Waals surface area (Å²) < 4.78 is 0. The molecule has 0 spiro atoms. The highest BCUT2D eigenvalue weighted by Gasteiger charge is 2.07. The van der Waals surface area contributed by atoms with E-state index in [1.54, 1.807) is 0 Å². The second-order valence-corrected chi connectivity index (χ2v) is 2.03. The summed E-state index contributed by atoms with van der Waals surface area (Å²) in [7, 11) is 0. The van der Waals surface area contributed by atoms with Gasteiger partial charge in [-0.2, -0.15) is 0 Å². The van der Waals surface area contributed by atoms with E-state index in [1.165, 1.54) is 5.57 Å². The normalized spacial score (nSPS) is 22.3. The molecule has 9 heavy (non-hydrogen) atoms. The zero-order valence-electron chi connectivity index (χ0n) is 5.72. The molecule has 0 aromatic heterocycles. The van der Waals surface area contributed by atoms with Crippen LogP contribution in [0.25, 0.3) is 0 Å². The summed E-state index contributed by atoms with van der Waals surface area (Å²) in [5.41, 5.74) is 2.42. The van der Waals surface area contributed by atoms with Gasteiger partial charge in [-0.3, -0.25) is 4.99 Å². The third kappa shape index (κ3) is 1.10. The van der Waals surface area contributed by atoms with Crippen molar-refractivity contribution in [3.05, 3.63) is 24.3 Å². The fourth-order valence-electron chi connectivity index (χ4n) is 1.01. The van der Waals surface area contributed by atoms with Crippen molar-refractivity contribution in [1.82, 2.24) is 0 Å².